The molecule has 0 unspecified atom stereocenters. The van der Waals surface area contributed by atoms with Crippen LogP contribution in [0.25, 0.3) is 0 Å². The highest BCUT2D eigenvalue weighted by Gasteiger charge is 2.21. The maximum atomic E-state index is 12.3. The fourth-order valence-electron chi connectivity index (χ4n) is 2.22. The minimum atomic E-state index is -3.44. The fourth-order valence-corrected chi connectivity index (χ4v) is 3.54. The average Bonchev–Trinajstić information content (AvgIpc) is 2.43. The maximum absolute atomic E-state index is 12.3. The monoisotopic (exact) mass is 284 g/mol. The van der Waals surface area contributed by atoms with Gasteiger partial charge in [0.25, 0.3) is 0 Å². The molecule has 0 saturated carbocycles. The molecule has 0 radical (unpaired) electrons. The Hall–Kier alpha value is -0.950. The molecule has 0 amide bonds. The second-order valence-corrected chi connectivity index (χ2v) is 6.15. The molecule has 1 aliphatic heterocycles. The van der Waals surface area contributed by atoms with Gasteiger partial charge in [-0.25, -0.2) is 13.1 Å². The predicted octanol–water partition coefficient (Wildman–Crippen LogP) is 0.647. The van der Waals surface area contributed by atoms with Gasteiger partial charge in [0.1, 0.15) is 0 Å². The summed E-state index contributed by atoms with van der Waals surface area (Å²) in [6.45, 7) is 4.73. The van der Waals surface area contributed by atoms with Crippen molar-refractivity contribution in [3.8, 4) is 0 Å². The largest absolute Gasteiger partial charge is 0.380 e. The van der Waals surface area contributed by atoms with Gasteiger partial charge < -0.3 is 10.1 Å². The Labute approximate surface area is 114 Å². The van der Waals surface area contributed by atoms with E-state index in [1.54, 1.807) is 12.1 Å². The molecule has 1 heterocycles. The molecule has 6 heteroatoms. The molecule has 0 aliphatic carbocycles. The smallest absolute Gasteiger partial charge is 0.240 e. The Balaban J connectivity index is 2.16. The summed E-state index contributed by atoms with van der Waals surface area (Å²) in [5.74, 6) is 0. The number of nitrogens with one attached hydrogen (secondary N) is 2. The molecule has 0 saturated heterocycles. The molecule has 2 N–H and O–H groups in total. The summed E-state index contributed by atoms with van der Waals surface area (Å²) in [7, 11) is -3.44. The van der Waals surface area contributed by atoms with Crippen LogP contribution in [0.2, 0.25) is 0 Å². The molecule has 0 aromatic heterocycles. The highest BCUT2D eigenvalue weighted by Crippen LogP contribution is 2.22. The van der Waals surface area contributed by atoms with Crippen molar-refractivity contribution in [2.24, 2.45) is 0 Å². The van der Waals surface area contributed by atoms with E-state index in [-0.39, 0.29) is 0 Å². The van der Waals surface area contributed by atoms with Crippen LogP contribution in [-0.2, 0) is 27.7 Å². The molecular formula is C13H20N2O3S. The van der Waals surface area contributed by atoms with E-state index in [1.807, 2.05) is 13.0 Å². The summed E-state index contributed by atoms with van der Waals surface area (Å²) in [6.07, 6.45) is 0.748. The third kappa shape index (κ3) is 3.54. The van der Waals surface area contributed by atoms with E-state index in [1.165, 1.54) is 0 Å². The molecular weight excluding hydrogens is 264 g/mol. The Morgan fingerprint density at radius 3 is 3.05 bits per heavy atom. The zero-order valence-electron chi connectivity index (χ0n) is 11.1. The van der Waals surface area contributed by atoms with Crippen LogP contribution in [0, 0.1) is 0 Å². The van der Waals surface area contributed by atoms with E-state index in [4.69, 9.17) is 4.74 Å². The zero-order chi connectivity index (χ0) is 13.7. The highest BCUT2D eigenvalue weighted by molar-refractivity contribution is 7.89. The molecule has 19 heavy (non-hydrogen) atoms. The van der Waals surface area contributed by atoms with E-state index in [2.05, 4.69) is 10.0 Å². The Morgan fingerprint density at radius 2 is 2.26 bits per heavy atom. The number of hydrogen-bond donors (Lipinski definition) is 2. The molecule has 106 valence electrons. The lowest BCUT2D eigenvalue weighted by Gasteiger charge is -2.20. The average molecular weight is 284 g/mol. The second-order valence-electron chi connectivity index (χ2n) is 4.42. The van der Waals surface area contributed by atoms with Crippen LogP contribution >= 0.6 is 0 Å². The summed E-state index contributed by atoms with van der Waals surface area (Å²) in [4.78, 5) is 0.406. The van der Waals surface area contributed by atoms with Crippen LogP contribution < -0.4 is 10.0 Å². The van der Waals surface area contributed by atoms with E-state index >= 15 is 0 Å². The first kappa shape index (κ1) is 14.5. The minimum absolute atomic E-state index is 0.304. The quantitative estimate of drug-likeness (QED) is 0.753. The Bertz CT molecular complexity index is 529. The lowest BCUT2D eigenvalue weighted by atomic mass is 10.0. The molecule has 5 nitrogen and oxygen atoms in total. The Morgan fingerprint density at radius 1 is 1.42 bits per heavy atom. The highest BCUT2D eigenvalue weighted by atomic mass is 32.2. The number of rotatable bonds is 6. The number of sulfonamides is 1. The topological polar surface area (TPSA) is 67.4 Å². The van der Waals surface area contributed by atoms with Gasteiger partial charge in [-0.05, 0) is 37.1 Å². The van der Waals surface area contributed by atoms with Crippen molar-refractivity contribution in [1.29, 1.82) is 0 Å². The summed E-state index contributed by atoms with van der Waals surface area (Å²) in [6, 6.07) is 5.44. The zero-order valence-corrected chi connectivity index (χ0v) is 11.9. The first-order valence-corrected chi connectivity index (χ1v) is 8.02. The van der Waals surface area contributed by atoms with Gasteiger partial charge in [0.05, 0.1) is 11.5 Å². The SMILES string of the molecule is CCOCCNS(=O)(=O)c1cccc2c1CCNC2. The summed E-state index contributed by atoms with van der Waals surface area (Å²) in [5.41, 5.74) is 2.00. The van der Waals surface area contributed by atoms with Crippen molar-refractivity contribution in [2.45, 2.75) is 24.8 Å². The van der Waals surface area contributed by atoms with E-state index in [9.17, 15) is 8.42 Å². The van der Waals surface area contributed by atoms with Gasteiger partial charge in [0.15, 0.2) is 0 Å². The van der Waals surface area contributed by atoms with Crippen molar-refractivity contribution in [3.05, 3.63) is 29.3 Å². The molecule has 0 fully saturated rings. The molecule has 1 aliphatic rings. The van der Waals surface area contributed by atoms with Crippen molar-refractivity contribution in [3.63, 3.8) is 0 Å². The van der Waals surface area contributed by atoms with Gasteiger partial charge in [-0.2, -0.15) is 0 Å². The standard InChI is InChI=1S/C13H20N2O3S/c1-2-18-9-8-15-19(16,17)13-5-3-4-11-10-14-7-6-12(11)13/h3-5,14-15H,2,6-10H2,1H3. The van der Waals surface area contributed by atoms with Crippen LogP contribution in [0.3, 0.4) is 0 Å². The molecule has 1 aromatic carbocycles. The summed E-state index contributed by atoms with van der Waals surface area (Å²) >= 11 is 0. The number of benzene rings is 1. The van der Waals surface area contributed by atoms with Crippen molar-refractivity contribution in [2.75, 3.05) is 26.3 Å². The third-order valence-corrected chi connectivity index (χ3v) is 4.68. The van der Waals surface area contributed by atoms with Crippen LogP contribution in [0.1, 0.15) is 18.1 Å². The summed E-state index contributed by atoms with van der Waals surface area (Å²) < 4.78 is 32.3. The van der Waals surface area contributed by atoms with Gasteiger partial charge >= 0.3 is 0 Å². The minimum Gasteiger partial charge on any atom is -0.380 e. The van der Waals surface area contributed by atoms with Gasteiger partial charge in [0, 0.05) is 19.7 Å². The van der Waals surface area contributed by atoms with Gasteiger partial charge in [-0.3, -0.25) is 0 Å². The van der Waals surface area contributed by atoms with Crippen LogP contribution in [0.5, 0.6) is 0 Å². The first-order chi connectivity index (χ1) is 9.15. The lowest BCUT2D eigenvalue weighted by Crippen LogP contribution is -2.31. The van der Waals surface area contributed by atoms with Gasteiger partial charge in [0.2, 0.25) is 10.0 Å². The van der Waals surface area contributed by atoms with Crippen molar-refractivity contribution < 1.29 is 13.2 Å². The van der Waals surface area contributed by atoms with Crippen molar-refractivity contribution in [1.82, 2.24) is 10.0 Å². The second kappa shape index (κ2) is 6.47. The Kier molecular flexibility index (Phi) is 4.93. The molecule has 0 atom stereocenters. The normalized spacial score (nSPS) is 15.2. The number of ether oxygens (including phenoxy) is 1. The van der Waals surface area contributed by atoms with E-state index in [0.29, 0.717) is 24.7 Å². The van der Waals surface area contributed by atoms with Crippen LogP contribution in [0.4, 0.5) is 0 Å². The number of hydrogen-bond acceptors (Lipinski definition) is 4. The first-order valence-electron chi connectivity index (χ1n) is 6.54. The summed E-state index contributed by atoms with van der Waals surface area (Å²) in [5, 5.41) is 3.24. The predicted molar refractivity (Wildman–Crippen MR) is 73.5 cm³/mol. The molecule has 2 rings (SSSR count). The molecule has 1 aromatic rings. The van der Waals surface area contributed by atoms with Crippen LogP contribution in [0.15, 0.2) is 23.1 Å². The molecule has 0 spiro atoms. The van der Waals surface area contributed by atoms with Gasteiger partial charge in [-0.1, -0.05) is 12.1 Å². The maximum Gasteiger partial charge on any atom is 0.240 e. The fraction of sp³-hybridized carbons (Fsp3) is 0.538. The van der Waals surface area contributed by atoms with Crippen molar-refractivity contribution >= 4 is 10.0 Å². The number of fused-ring (bicyclic) bond motifs is 1. The third-order valence-electron chi connectivity index (χ3n) is 3.13. The molecule has 0 bridgehead atoms. The van der Waals surface area contributed by atoms with Gasteiger partial charge in [-0.15, -0.1) is 0 Å². The van der Waals surface area contributed by atoms with E-state index < -0.39 is 10.0 Å². The van der Waals surface area contributed by atoms with E-state index in [0.717, 1.165) is 30.6 Å². The lowest BCUT2D eigenvalue weighted by molar-refractivity contribution is 0.153. The van der Waals surface area contributed by atoms with Crippen LogP contribution in [-0.4, -0.2) is 34.7 Å².